The van der Waals surface area contributed by atoms with Crippen molar-refractivity contribution in [1.29, 1.82) is 0 Å². The van der Waals surface area contributed by atoms with Crippen LogP contribution < -0.4 is 0 Å². The van der Waals surface area contributed by atoms with Gasteiger partial charge in [-0.3, -0.25) is 4.79 Å². The van der Waals surface area contributed by atoms with Crippen LogP contribution in [0.3, 0.4) is 0 Å². The number of fused-ring (bicyclic) bond motifs is 1. The quantitative estimate of drug-likeness (QED) is 0.713. The second kappa shape index (κ2) is 6.53. The maximum Gasteiger partial charge on any atom is 0.256 e. The normalized spacial score (nSPS) is 17.7. The highest BCUT2D eigenvalue weighted by Gasteiger charge is 2.29. The van der Waals surface area contributed by atoms with Crippen molar-refractivity contribution in [3.05, 3.63) is 59.3 Å². The van der Waals surface area contributed by atoms with Crippen molar-refractivity contribution in [2.24, 2.45) is 7.05 Å². The average Bonchev–Trinajstić information content (AvgIpc) is 2.92. The van der Waals surface area contributed by atoms with Crippen LogP contribution >= 0.6 is 0 Å². The van der Waals surface area contributed by atoms with Gasteiger partial charge in [0.25, 0.3) is 5.91 Å². The van der Waals surface area contributed by atoms with E-state index in [0.29, 0.717) is 25.5 Å². The van der Waals surface area contributed by atoms with Crippen LogP contribution in [0.25, 0.3) is 10.9 Å². The molecule has 0 radical (unpaired) electrons. The van der Waals surface area contributed by atoms with E-state index in [-0.39, 0.29) is 12.0 Å². The van der Waals surface area contributed by atoms with Crippen molar-refractivity contribution >= 4 is 16.8 Å². The molecular weight excluding hydrogens is 328 g/mol. The van der Waals surface area contributed by atoms with E-state index in [0.717, 1.165) is 27.9 Å². The predicted molar refractivity (Wildman–Crippen MR) is 99.0 cm³/mol. The Kier molecular flexibility index (Phi) is 4.20. The number of hydrogen-bond donors (Lipinski definition) is 0. The van der Waals surface area contributed by atoms with Crippen molar-refractivity contribution in [3.8, 4) is 0 Å². The van der Waals surface area contributed by atoms with Gasteiger partial charge in [-0.05, 0) is 26.0 Å². The average molecular weight is 350 g/mol. The lowest BCUT2D eigenvalue weighted by Crippen LogP contribution is -2.42. The van der Waals surface area contributed by atoms with E-state index in [1.165, 1.54) is 0 Å². The first kappa shape index (κ1) is 16.7. The van der Waals surface area contributed by atoms with Gasteiger partial charge in [-0.1, -0.05) is 18.2 Å². The number of rotatable bonds is 2. The highest BCUT2D eigenvalue weighted by molar-refractivity contribution is 6.08. The molecule has 1 aliphatic heterocycles. The van der Waals surface area contributed by atoms with E-state index in [1.807, 2.05) is 56.1 Å². The van der Waals surface area contributed by atoms with E-state index in [4.69, 9.17) is 4.74 Å². The zero-order valence-electron chi connectivity index (χ0n) is 15.3. The Morgan fingerprint density at radius 1 is 1.23 bits per heavy atom. The summed E-state index contributed by atoms with van der Waals surface area (Å²) in [6.45, 7) is 5.44. The Hall–Kier alpha value is -2.73. The fourth-order valence-corrected chi connectivity index (χ4v) is 3.62. The summed E-state index contributed by atoms with van der Waals surface area (Å²) in [6, 6.07) is 9.89. The maximum absolute atomic E-state index is 13.3. The summed E-state index contributed by atoms with van der Waals surface area (Å²) in [6.07, 6.45) is 1.51. The van der Waals surface area contributed by atoms with Gasteiger partial charge in [-0.25, -0.2) is 9.97 Å². The van der Waals surface area contributed by atoms with Crippen LogP contribution in [0.15, 0.2) is 36.5 Å². The lowest BCUT2D eigenvalue weighted by molar-refractivity contribution is -0.0248. The number of benzene rings is 1. The highest BCUT2D eigenvalue weighted by Crippen LogP contribution is 2.28. The van der Waals surface area contributed by atoms with Gasteiger partial charge >= 0.3 is 0 Å². The molecule has 3 heterocycles. The third-order valence-electron chi connectivity index (χ3n) is 5.09. The van der Waals surface area contributed by atoms with Crippen LogP contribution in [0.5, 0.6) is 0 Å². The summed E-state index contributed by atoms with van der Waals surface area (Å²) < 4.78 is 7.95. The summed E-state index contributed by atoms with van der Waals surface area (Å²) in [7, 11) is 2.00. The lowest BCUT2D eigenvalue weighted by atomic mass is 10.1. The number of carbonyl (C=O) groups is 1. The van der Waals surface area contributed by atoms with E-state index in [2.05, 4.69) is 14.5 Å². The molecule has 0 aliphatic carbocycles. The van der Waals surface area contributed by atoms with E-state index in [9.17, 15) is 4.79 Å². The van der Waals surface area contributed by atoms with Gasteiger partial charge in [0.05, 0.1) is 24.4 Å². The van der Waals surface area contributed by atoms with Crippen LogP contribution in [0.4, 0.5) is 0 Å². The number of ether oxygens (including phenoxy) is 1. The van der Waals surface area contributed by atoms with Gasteiger partial charge in [0, 0.05) is 36.4 Å². The fourth-order valence-electron chi connectivity index (χ4n) is 3.62. The molecule has 3 aromatic rings. The minimum atomic E-state index is -0.218. The standard InChI is InChI=1S/C20H22N4O2/c1-13-19(15-6-4-5-7-17(15)23(13)3)20(25)24-10-11-26-18(12-24)16-8-9-21-14(2)22-16/h4-9,18H,10-12H2,1-3H3/t18-/m0/s1. The highest BCUT2D eigenvalue weighted by atomic mass is 16.5. The van der Waals surface area contributed by atoms with Crippen molar-refractivity contribution in [3.63, 3.8) is 0 Å². The van der Waals surface area contributed by atoms with Crippen molar-refractivity contribution in [2.75, 3.05) is 19.7 Å². The van der Waals surface area contributed by atoms with Gasteiger partial charge in [0.1, 0.15) is 11.9 Å². The molecule has 0 spiro atoms. The monoisotopic (exact) mass is 350 g/mol. The van der Waals surface area contributed by atoms with Gasteiger partial charge in [0.2, 0.25) is 0 Å². The zero-order chi connectivity index (χ0) is 18.3. The second-order valence-electron chi connectivity index (χ2n) is 6.68. The number of morpholine rings is 1. The van der Waals surface area contributed by atoms with Crippen LogP contribution in [0.2, 0.25) is 0 Å². The number of amides is 1. The predicted octanol–water partition coefficient (Wildman–Crippen LogP) is 2.80. The third kappa shape index (κ3) is 2.76. The molecule has 1 atom stereocenters. The molecule has 1 fully saturated rings. The maximum atomic E-state index is 13.3. The molecule has 0 N–H and O–H groups in total. The van der Waals surface area contributed by atoms with Gasteiger partial charge in [0.15, 0.2) is 0 Å². The number of carbonyl (C=O) groups excluding carboxylic acids is 1. The molecule has 1 aliphatic rings. The molecule has 26 heavy (non-hydrogen) atoms. The van der Waals surface area contributed by atoms with Crippen LogP contribution in [-0.2, 0) is 11.8 Å². The molecule has 6 nitrogen and oxygen atoms in total. The van der Waals surface area contributed by atoms with E-state index in [1.54, 1.807) is 6.20 Å². The Morgan fingerprint density at radius 2 is 2.04 bits per heavy atom. The summed E-state index contributed by atoms with van der Waals surface area (Å²) in [5, 5.41) is 0.999. The topological polar surface area (TPSA) is 60.2 Å². The lowest BCUT2D eigenvalue weighted by Gasteiger charge is -2.32. The minimum absolute atomic E-state index is 0.0541. The number of nitrogens with zero attached hydrogens (tertiary/aromatic N) is 4. The van der Waals surface area contributed by atoms with Gasteiger partial charge < -0.3 is 14.2 Å². The third-order valence-corrected chi connectivity index (χ3v) is 5.09. The Balaban J connectivity index is 1.66. The van der Waals surface area contributed by atoms with Crippen LogP contribution in [0.1, 0.15) is 33.7 Å². The van der Waals surface area contributed by atoms with Crippen LogP contribution in [-0.4, -0.2) is 45.0 Å². The molecule has 6 heteroatoms. The molecule has 2 aromatic heterocycles. The van der Waals surface area contributed by atoms with Crippen molar-refractivity contribution < 1.29 is 9.53 Å². The first-order valence-electron chi connectivity index (χ1n) is 8.80. The van der Waals surface area contributed by atoms with Crippen molar-refractivity contribution in [2.45, 2.75) is 20.0 Å². The summed E-state index contributed by atoms with van der Waals surface area (Å²) in [5.74, 6) is 0.762. The molecule has 1 aromatic carbocycles. The number of hydrogen-bond acceptors (Lipinski definition) is 4. The number of aryl methyl sites for hydroxylation is 2. The molecule has 1 saturated heterocycles. The fraction of sp³-hybridized carbons (Fsp3) is 0.350. The molecule has 134 valence electrons. The van der Waals surface area contributed by atoms with Gasteiger partial charge in [-0.2, -0.15) is 0 Å². The zero-order valence-corrected chi connectivity index (χ0v) is 15.3. The first-order valence-corrected chi connectivity index (χ1v) is 8.80. The molecular formula is C20H22N4O2. The largest absolute Gasteiger partial charge is 0.368 e. The van der Waals surface area contributed by atoms with E-state index >= 15 is 0 Å². The van der Waals surface area contributed by atoms with Crippen molar-refractivity contribution in [1.82, 2.24) is 19.4 Å². The first-order chi connectivity index (χ1) is 12.6. The SMILES string of the molecule is Cc1nccc([C@@H]2CN(C(=O)c3c(C)n(C)c4ccccc34)CCO2)n1. The molecule has 4 rings (SSSR count). The Bertz CT molecular complexity index is 979. The summed E-state index contributed by atoms with van der Waals surface area (Å²) in [5.41, 5.74) is 3.66. The second-order valence-corrected chi connectivity index (χ2v) is 6.68. The molecule has 1 amide bonds. The minimum Gasteiger partial charge on any atom is -0.368 e. The smallest absolute Gasteiger partial charge is 0.256 e. The van der Waals surface area contributed by atoms with Gasteiger partial charge in [-0.15, -0.1) is 0 Å². The summed E-state index contributed by atoms with van der Waals surface area (Å²) >= 11 is 0. The molecule has 0 unspecified atom stereocenters. The number of para-hydroxylation sites is 1. The number of aromatic nitrogens is 3. The molecule has 0 saturated carbocycles. The van der Waals surface area contributed by atoms with E-state index < -0.39 is 0 Å². The summed E-state index contributed by atoms with van der Waals surface area (Å²) in [4.78, 5) is 23.8. The Morgan fingerprint density at radius 3 is 2.85 bits per heavy atom. The molecule has 0 bridgehead atoms. The van der Waals surface area contributed by atoms with Crippen LogP contribution in [0, 0.1) is 13.8 Å². The Labute approximate surface area is 152 Å².